The molecular formula is C25H25N3O3S2. The topological polar surface area (TPSA) is 60.9 Å². The maximum atomic E-state index is 13.6. The van der Waals surface area contributed by atoms with Crippen LogP contribution in [-0.4, -0.2) is 53.7 Å². The van der Waals surface area contributed by atoms with Crippen molar-refractivity contribution in [2.75, 3.05) is 31.1 Å². The number of thiophene rings is 2. The van der Waals surface area contributed by atoms with E-state index in [1.807, 2.05) is 76.0 Å². The fourth-order valence-electron chi connectivity index (χ4n) is 4.67. The Morgan fingerprint density at radius 1 is 0.879 bits per heavy atom. The first kappa shape index (κ1) is 21.9. The van der Waals surface area contributed by atoms with Gasteiger partial charge in [0, 0.05) is 43.2 Å². The molecule has 2 atom stereocenters. The van der Waals surface area contributed by atoms with E-state index >= 15 is 0 Å². The zero-order valence-corrected chi connectivity index (χ0v) is 20.0. The lowest BCUT2D eigenvalue weighted by molar-refractivity contribution is -0.138. The van der Waals surface area contributed by atoms with E-state index in [0.29, 0.717) is 26.2 Å². The van der Waals surface area contributed by atoms with E-state index in [9.17, 15) is 14.4 Å². The van der Waals surface area contributed by atoms with Crippen LogP contribution in [0.3, 0.4) is 0 Å². The van der Waals surface area contributed by atoms with Crippen LogP contribution in [0.15, 0.2) is 59.3 Å². The van der Waals surface area contributed by atoms with Crippen LogP contribution >= 0.6 is 22.7 Å². The average molecular weight is 480 g/mol. The fourth-order valence-corrected chi connectivity index (χ4v) is 6.24. The molecule has 0 spiro atoms. The predicted octanol–water partition coefficient (Wildman–Crippen LogP) is 4.20. The molecule has 0 radical (unpaired) electrons. The van der Waals surface area contributed by atoms with Crippen molar-refractivity contribution in [3.63, 3.8) is 0 Å². The largest absolute Gasteiger partial charge is 0.339 e. The number of rotatable bonds is 4. The van der Waals surface area contributed by atoms with Crippen molar-refractivity contribution in [3.05, 3.63) is 74.6 Å². The molecule has 2 saturated heterocycles. The van der Waals surface area contributed by atoms with Crippen molar-refractivity contribution in [2.45, 2.75) is 19.4 Å². The first-order chi connectivity index (χ1) is 16.0. The SMILES string of the molecule is Cc1ccc(N2C(=O)C[C@@H](C(=O)N3CCN(C(=O)c4cccs4)CC3)[C@H]2c2cccs2)cc1. The summed E-state index contributed by atoms with van der Waals surface area (Å²) in [5, 5.41) is 3.89. The van der Waals surface area contributed by atoms with Gasteiger partial charge in [0.25, 0.3) is 5.91 Å². The van der Waals surface area contributed by atoms with Crippen molar-refractivity contribution < 1.29 is 14.4 Å². The van der Waals surface area contributed by atoms with Crippen molar-refractivity contribution in [2.24, 2.45) is 5.92 Å². The summed E-state index contributed by atoms with van der Waals surface area (Å²) < 4.78 is 0. The van der Waals surface area contributed by atoms with Crippen LogP contribution in [0.25, 0.3) is 0 Å². The molecule has 0 aliphatic carbocycles. The molecule has 0 N–H and O–H groups in total. The normalized spacial score (nSPS) is 21.0. The monoisotopic (exact) mass is 479 g/mol. The second-order valence-corrected chi connectivity index (χ2v) is 10.4. The Kier molecular flexibility index (Phi) is 6.03. The third kappa shape index (κ3) is 4.20. The van der Waals surface area contributed by atoms with E-state index < -0.39 is 5.92 Å². The van der Waals surface area contributed by atoms with Gasteiger partial charge in [-0.25, -0.2) is 0 Å². The fraction of sp³-hybridized carbons (Fsp3) is 0.320. The van der Waals surface area contributed by atoms with Crippen LogP contribution in [-0.2, 0) is 9.59 Å². The minimum Gasteiger partial charge on any atom is -0.339 e. The van der Waals surface area contributed by atoms with Gasteiger partial charge in [0.1, 0.15) is 0 Å². The van der Waals surface area contributed by atoms with Crippen LogP contribution < -0.4 is 4.90 Å². The zero-order valence-electron chi connectivity index (χ0n) is 18.3. The summed E-state index contributed by atoms with van der Waals surface area (Å²) in [5.74, 6) is -0.436. The van der Waals surface area contributed by atoms with Crippen molar-refractivity contribution in [3.8, 4) is 0 Å². The van der Waals surface area contributed by atoms with Crippen molar-refractivity contribution >= 4 is 46.1 Å². The number of carbonyl (C=O) groups is 3. The van der Waals surface area contributed by atoms with Gasteiger partial charge in [0.2, 0.25) is 11.8 Å². The van der Waals surface area contributed by atoms with Crippen LogP contribution in [0.5, 0.6) is 0 Å². The molecule has 4 heterocycles. The van der Waals surface area contributed by atoms with E-state index in [0.717, 1.165) is 21.0 Å². The standard InChI is InChI=1S/C25H25N3O3S2/c1-17-6-8-18(9-7-17)28-22(29)16-19(23(28)20-4-2-14-32-20)24(30)26-10-12-27(13-11-26)25(31)21-5-3-15-33-21/h2-9,14-15,19,23H,10-13,16H2,1H3/t19-,23+/m1/s1. The predicted molar refractivity (Wildman–Crippen MR) is 131 cm³/mol. The second kappa shape index (κ2) is 9.11. The lowest BCUT2D eigenvalue weighted by Crippen LogP contribution is -2.52. The lowest BCUT2D eigenvalue weighted by Gasteiger charge is -2.37. The molecule has 0 saturated carbocycles. The number of hydrogen-bond acceptors (Lipinski definition) is 5. The van der Waals surface area contributed by atoms with Crippen molar-refractivity contribution in [1.29, 1.82) is 0 Å². The molecule has 0 bridgehead atoms. The quantitative estimate of drug-likeness (QED) is 0.564. The number of amides is 3. The molecule has 2 aliphatic rings. The van der Waals surface area contributed by atoms with E-state index in [1.165, 1.54) is 11.3 Å². The first-order valence-corrected chi connectivity index (χ1v) is 12.8. The minimum absolute atomic E-state index is 0.000385. The van der Waals surface area contributed by atoms with E-state index in [-0.39, 0.29) is 30.2 Å². The molecule has 170 valence electrons. The second-order valence-electron chi connectivity index (χ2n) is 8.46. The Hall–Kier alpha value is -2.97. The molecule has 0 unspecified atom stereocenters. The minimum atomic E-state index is -0.433. The average Bonchev–Trinajstić information content (AvgIpc) is 3.60. The molecule has 1 aromatic carbocycles. The third-order valence-corrected chi connectivity index (χ3v) is 8.20. The van der Waals surface area contributed by atoms with Crippen LogP contribution in [0, 0.1) is 12.8 Å². The van der Waals surface area contributed by atoms with Crippen LogP contribution in [0.4, 0.5) is 5.69 Å². The molecule has 33 heavy (non-hydrogen) atoms. The summed E-state index contributed by atoms with van der Waals surface area (Å²) in [7, 11) is 0. The van der Waals surface area contributed by atoms with Gasteiger partial charge in [-0.2, -0.15) is 0 Å². The molecule has 2 aromatic heterocycles. The number of aryl methyl sites for hydroxylation is 1. The van der Waals surface area contributed by atoms with E-state index in [2.05, 4.69) is 0 Å². The van der Waals surface area contributed by atoms with Crippen LogP contribution in [0.2, 0.25) is 0 Å². The number of anilines is 1. The molecule has 5 rings (SSSR count). The lowest BCUT2D eigenvalue weighted by atomic mass is 9.96. The maximum absolute atomic E-state index is 13.6. The highest BCUT2D eigenvalue weighted by Gasteiger charge is 2.47. The summed E-state index contributed by atoms with van der Waals surface area (Å²) >= 11 is 3.01. The highest BCUT2D eigenvalue weighted by atomic mass is 32.1. The number of carbonyl (C=O) groups excluding carboxylic acids is 3. The molecule has 3 aromatic rings. The summed E-state index contributed by atoms with van der Waals surface area (Å²) in [4.78, 5) is 46.6. The highest BCUT2D eigenvalue weighted by Crippen LogP contribution is 2.43. The smallest absolute Gasteiger partial charge is 0.264 e. The van der Waals surface area contributed by atoms with Gasteiger partial charge >= 0.3 is 0 Å². The third-order valence-electron chi connectivity index (χ3n) is 6.40. The molecule has 6 nitrogen and oxygen atoms in total. The molecule has 2 fully saturated rings. The van der Waals surface area contributed by atoms with E-state index in [4.69, 9.17) is 0 Å². The van der Waals surface area contributed by atoms with Gasteiger partial charge in [-0.05, 0) is 41.9 Å². The first-order valence-electron chi connectivity index (χ1n) is 11.1. The van der Waals surface area contributed by atoms with Gasteiger partial charge in [-0.3, -0.25) is 14.4 Å². The summed E-state index contributed by atoms with van der Waals surface area (Å²) in [6, 6.07) is 15.3. The number of nitrogens with zero attached hydrogens (tertiary/aromatic N) is 3. The van der Waals surface area contributed by atoms with Gasteiger partial charge in [0.15, 0.2) is 0 Å². The number of hydrogen-bond donors (Lipinski definition) is 0. The Morgan fingerprint density at radius 3 is 2.18 bits per heavy atom. The molecular weight excluding hydrogens is 454 g/mol. The zero-order chi connectivity index (χ0) is 22.9. The highest BCUT2D eigenvalue weighted by molar-refractivity contribution is 7.12. The molecule has 3 amide bonds. The summed E-state index contributed by atoms with van der Waals surface area (Å²) in [5.41, 5.74) is 1.95. The maximum Gasteiger partial charge on any atom is 0.264 e. The number of piperazine rings is 1. The van der Waals surface area contributed by atoms with Crippen molar-refractivity contribution in [1.82, 2.24) is 9.80 Å². The Bertz CT molecular complexity index is 1130. The molecule has 8 heteroatoms. The van der Waals surface area contributed by atoms with Gasteiger partial charge < -0.3 is 14.7 Å². The Balaban J connectivity index is 1.34. The van der Waals surface area contributed by atoms with Crippen LogP contribution in [0.1, 0.15) is 32.6 Å². The molecule has 2 aliphatic heterocycles. The Labute approximate surface area is 201 Å². The Morgan fingerprint density at radius 2 is 1.55 bits per heavy atom. The van der Waals surface area contributed by atoms with Gasteiger partial charge in [-0.15, -0.1) is 22.7 Å². The van der Waals surface area contributed by atoms with E-state index in [1.54, 1.807) is 16.2 Å². The summed E-state index contributed by atoms with van der Waals surface area (Å²) in [6.45, 7) is 4.01. The summed E-state index contributed by atoms with van der Waals surface area (Å²) in [6.07, 6.45) is 0.198. The van der Waals surface area contributed by atoms with Gasteiger partial charge in [0.05, 0.1) is 16.8 Å². The van der Waals surface area contributed by atoms with Gasteiger partial charge in [-0.1, -0.05) is 29.8 Å². The number of benzene rings is 1.